The summed E-state index contributed by atoms with van der Waals surface area (Å²) < 4.78 is 7.26. The molecule has 0 spiro atoms. The molecule has 1 fully saturated rings. The lowest BCUT2D eigenvalue weighted by Gasteiger charge is -2.11. The van der Waals surface area contributed by atoms with E-state index >= 15 is 0 Å². The number of hydrogen-bond donors (Lipinski definition) is 1. The molecule has 1 saturated heterocycles. The van der Waals surface area contributed by atoms with Gasteiger partial charge in [-0.1, -0.05) is 69.7 Å². The third kappa shape index (κ3) is 4.19. The first-order valence-corrected chi connectivity index (χ1v) is 9.33. The molecule has 122 valence electrons. The van der Waals surface area contributed by atoms with Crippen LogP contribution < -0.4 is 10.1 Å². The molecule has 2 aromatic carbocycles. The van der Waals surface area contributed by atoms with Gasteiger partial charge in [-0.25, -0.2) is 0 Å². The van der Waals surface area contributed by atoms with Crippen molar-refractivity contribution in [3.05, 3.63) is 68.0 Å². The van der Waals surface area contributed by atoms with Crippen molar-refractivity contribution in [3.63, 3.8) is 0 Å². The van der Waals surface area contributed by atoms with Crippen LogP contribution >= 0.6 is 51.5 Å². The van der Waals surface area contributed by atoms with Gasteiger partial charge in [0.25, 0.3) is 5.91 Å². The van der Waals surface area contributed by atoms with Gasteiger partial charge >= 0.3 is 0 Å². The fraction of sp³-hybridized carbons (Fsp3) is 0.0588. The Labute approximate surface area is 162 Å². The van der Waals surface area contributed by atoms with Gasteiger partial charge in [0.05, 0.1) is 4.91 Å². The van der Waals surface area contributed by atoms with Crippen LogP contribution in [0.3, 0.4) is 0 Å². The molecule has 0 unspecified atom stereocenters. The van der Waals surface area contributed by atoms with Crippen LogP contribution in [0.15, 0.2) is 51.8 Å². The van der Waals surface area contributed by atoms with Crippen molar-refractivity contribution in [2.75, 3.05) is 0 Å². The lowest BCUT2D eigenvalue weighted by atomic mass is 10.2. The summed E-state index contributed by atoms with van der Waals surface area (Å²) >= 11 is 15.9. The summed E-state index contributed by atoms with van der Waals surface area (Å²) in [6, 6.07) is 13.2. The minimum absolute atomic E-state index is 0.193. The van der Waals surface area contributed by atoms with E-state index in [0.29, 0.717) is 26.6 Å². The van der Waals surface area contributed by atoms with Gasteiger partial charge in [-0.15, -0.1) is 0 Å². The fourth-order valence-electron chi connectivity index (χ4n) is 2.10. The molecule has 24 heavy (non-hydrogen) atoms. The zero-order valence-electron chi connectivity index (χ0n) is 12.2. The highest BCUT2D eigenvalue weighted by Crippen LogP contribution is 2.31. The predicted molar refractivity (Wildman–Crippen MR) is 106 cm³/mol. The van der Waals surface area contributed by atoms with Crippen molar-refractivity contribution >= 4 is 67.8 Å². The molecule has 0 aliphatic carbocycles. The Morgan fingerprint density at radius 1 is 1.29 bits per heavy atom. The molecular weight excluding hydrogens is 430 g/mol. The molecule has 1 N–H and O–H groups in total. The van der Waals surface area contributed by atoms with Gasteiger partial charge in [-0.05, 0) is 30.3 Å². The largest absolute Gasteiger partial charge is 0.488 e. The Balaban J connectivity index is 1.86. The molecule has 0 aromatic heterocycles. The smallest absolute Gasteiger partial charge is 0.263 e. The molecule has 1 amide bonds. The zero-order chi connectivity index (χ0) is 17.1. The number of ether oxygens (including phenoxy) is 1. The van der Waals surface area contributed by atoms with E-state index in [1.54, 1.807) is 6.08 Å². The first-order valence-electron chi connectivity index (χ1n) is 6.93. The Hall–Kier alpha value is -1.34. The predicted octanol–water partition coefficient (Wildman–Crippen LogP) is 5.17. The van der Waals surface area contributed by atoms with Gasteiger partial charge in [-0.2, -0.15) is 0 Å². The van der Waals surface area contributed by atoms with E-state index in [0.717, 1.165) is 15.6 Å². The number of thioether (sulfide) groups is 1. The van der Waals surface area contributed by atoms with E-state index < -0.39 is 0 Å². The molecule has 0 saturated carbocycles. The lowest BCUT2D eigenvalue weighted by Crippen LogP contribution is -2.17. The summed E-state index contributed by atoms with van der Waals surface area (Å²) in [6.07, 6.45) is 1.77. The quantitative estimate of drug-likeness (QED) is 0.526. The zero-order valence-corrected chi connectivity index (χ0v) is 16.2. The second kappa shape index (κ2) is 7.70. The molecule has 0 atom stereocenters. The molecule has 0 radical (unpaired) electrons. The second-order valence-corrected chi connectivity index (χ2v) is 7.96. The number of amides is 1. The Morgan fingerprint density at radius 2 is 2.08 bits per heavy atom. The number of nitrogens with one attached hydrogen (secondary N) is 1. The van der Waals surface area contributed by atoms with Gasteiger partial charge < -0.3 is 10.1 Å². The Morgan fingerprint density at radius 3 is 2.79 bits per heavy atom. The fourth-order valence-corrected chi connectivity index (χ4v) is 3.70. The van der Waals surface area contributed by atoms with Crippen molar-refractivity contribution in [2.45, 2.75) is 6.61 Å². The molecule has 1 heterocycles. The summed E-state index contributed by atoms with van der Waals surface area (Å²) in [4.78, 5) is 12.4. The maximum absolute atomic E-state index is 11.9. The van der Waals surface area contributed by atoms with Gasteiger partial charge in [0, 0.05) is 20.6 Å². The number of rotatable bonds is 4. The Kier molecular flexibility index (Phi) is 5.61. The average Bonchev–Trinajstić information content (AvgIpc) is 2.85. The van der Waals surface area contributed by atoms with Crippen LogP contribution in [-0.4, -0.2) is 10.2 Å². The maximum atomic E-state index is 11.9. The molecule has 3 rings (SSSR count). The highest BCUT2D eigenvalue weighted by molar-refractivity contribution is 9.10. The first-order chi connectivity index (χ1) is 11.5. The normalized spacial score (nSPS) is 15.7. The number of hydrogen-bond acceptors (Lipinski definition) is 4. The summed E-state index contributed by atoms with van der Waals surface area (Å²) in [5.41, 5.74) is 1.69. The van der Waals surface area contributed by atoms with Gasteiger partial charge in [0.15, 0.2) is 0 Å². The van der Waals surface area contributed by atoms with E-state index in [9.17, 15) is 4.79 Å². The Bertz CT molecular complexity index is 854. The summed E-state index contributed by atoms with van der Waals surface area (Å²) in [7, 11) is 0. The number of carbonyl (C=O) groups is 1. The van der Waals surface area contributed by atoms with Crippen LogP contribution in [0, 0.1) is 0 Å². The number of halogens is 2. The third-order valence-electron chi connectivity index (χ3n) is 3.24. The van der Waals surface area contributed by atoms with E-state index in [4.69, 9.17) is 28.6 Å². The molecule has 3 nitrogen and oxygen atoms in total. The van der Waals surface area contributed by atoms with Crippen LogP contribution in [0.5, 0.6) is 5.75 Å². The van der Waals surface area contributed by atoms with Crippen LogP contribution in [-0.2, 0) is 11.4 Å². The van der Waals surface area contributed by atoms with Crippen LogP contribution in [0.1, 0.15) is 11.1 Å². The van der Waals surface area contributed by atoms with Crippen molar-refractivity contribution < 1.29 is 9.53 Å². The number of thiocarbonyl (C=S) groups is 1. The van der Waals surface area contributed by atoms with E-state index in [2.05, 4.69) is 21.2 Å². The van der Waals surface area contributed by atoms with E-state index in [-0.39, 0.29) is 5.91 Å². The minimum atomic E-state index is -0.193. The molecule has 7 heteroatoms. The monoisotopic (exact) mass is 439 g/mol. The first kappa shape index (κ1) is 17.5. The summed E-state index contributed by atoms with van der Waals surface area (Å²) in [5.74, 6) is 0.471. The number of benzene rings is 2. The summed E-state index contributed by atoms with van der Waals surface area (Å²) in [5, 5.41) is 3.26. The molecular formula is C17H11BrClNO2S2. The minimum Gasteiger partial charge on any atom is -0.488 e. The van der Waals surface area contributed by atoms with Gasteiger partial charge in [0.1, 0.15) is 16.7 Å². The SMILES string of the molecule is O=C1NC(=S)S/C1=C/c1cc(Br)ccc1OCc1ccccc1Cl. The standard InChI is InChI=1S/C17H11BrClNO2S2/c18-12-5-6-14(22-9-10-3-1-2-4-13(10)19)11(7-12)8-15-16(21)20-17(23)24-15/h1-8H,9H2,(H,20,21,23)/b15-8+. The molecule has 1 aliphatic heterocycles. The van der Waals surface area contributed by atoms with Crippen molar-refractivity contribution in [2.24, 2.45) is 0 Å². The van der Waals surface area contributed by atoms with Gasteiger partial charge in [0.2, 0.25) is 0 Å². The molecule has 2 aromatic rings. The highest BCUT2D eigenvalue weighted by Gasteiger charge is 2.22. The summed E-state index contributed by atoms with van der Waals surface area (Å²) in [6.45, 7) is 0.342. The van der Waals surface area contributed by atoms with Crippen molar-refractivity contribution in [3.8, 4) is 5.75 Å². The second-order valence-electron chi connectivity index (χ2n) is 4.91. The lowest BCUT2D eigenvalue weighted by molar-refractivity contribution is -0.115. The van der Waals surface area contributed by atoms with Crippen LogP contribution in [0.2, 0.25) is 5.02 Å². The van der Waals surface area contributed by atoms with Gasteiger partial charge in [-0.3, -0.25) is 4.79 Å². The van der Waals surface area contributed by atoms with E-state index in [1.807, 2.05) is 42.5 Å². The highest BCUT2D eigenvalue weighted by atomic mass is 79.9. The average molecular weight is 441 g/mol. The maximum Gasteiger partial charge on any atom is 0.263 e. The van der Waals surface area contributed by atoms with Crippen LogP contribution in [0.4, 0.5) is 0 Å². The molecule has 1 aliphatic rings. The van der Waals surface area contributed by atoms with E-state index in [1.165, 1.54) is 11.8 Å². The van der Waals surface area contributed by atoms with Crippen molar-refractivity contribution in [1.29, 1.82) is 0 Å². The topological polar surface area (TPSA) is 38.3 Å². The third-order valence-corrected chi connectivity index (χ3v) is 5.27. The van der Waals surface area contributed by atoms with Crippen LogP contribution in [0.25, 0.3) is 6.08 Å². The number of carbonyl (C=O) groups excluding carboxylic acids is 1. The van der Waals surface area contributed by atoms with Crippen molar-refractivity contribution in [1.82, 2.24) is 5.32 Å². The molecule has 0 bridgehead atoms.